The Morgan fingerprint density at radius 1 is 1.23 bits per heavy atom. The summed E-state index contributed by atoms with van der Waals surface area (Å²) in [5, 5.41) is -1.25. The second-order valence-electron chi connectivity index (χ2n) is 2.67. The van der Waals surface area contributed by atoms with E-state index in [4.69, 9.17) is 11.5 Å². The molecule has 0 amide bonds. The molecular formula is C6H15N2NaO3S. The van der Waals surface area contributed by atoms with Gasteiger partial charge >= 0.3 is 29.6 Å². The summed E-state index contributed by atoms with van der Waals surface area (Å²) in [6.45, 7) is 0.583. The van der Waals surface area contributed by atoms with E-state index in [1.807, 2.05) is 0 Å². The Morgan fingerprint density at radius 3 is 2.15 bits per heavy atom. The van der Waals surface area contributed by atoms with Crippen LogP contribution in [0.1, 0.15) is 25.7 Å². The second-order valence-corrected chi connectivity index (χ2v) is 4.26. The van der Waals surface area contributed by atoms with Crippen LogP contribution in [0.5, 0.6) is 0 Å². The molecule has 1 atom stereocenters. The third kappa shape index (κ3) is 9.14. The van der Waals surface area contributed by atoms with Crippen molar-refractivity contribution in [2.75, 3.05) is 6.54 Å². The van der Waals surface area contributed by atoms with E-state index in [0.29, 0.717) is 13.0 Å². The molecule has 5 nitrogen and oxygen atoms in total. The number of hydrogen-bond acceptors (Lipinski definition) is 5. The van der Waals surface area contributed by atoms with E-state index in [0.717, 1.165) is 12.8 Å². The molecule has 0 aliphatic heterocycles. The standard InChI is InChI=1S/C6H16N2O3S.Na/c7-5-3-1-2-4-6(8)12(9,10)11;/h6H,1-5,7-8H2,(H,9,10,11);/q;+1/p-1. The molecule has 0 saturated carbocycles. The molecular weight excluding hydrogens is 203 g/mol. The quantitative estimate of drug-likeness (QED) is 0.271. The molecule has 0 heterocycles. The molecule has 0 saturated heterocycles. The maximum atomic E-state index is 10.3. The molecule has 0 rings (SSSR count). The summed E-state index contributed by atoms with van der Waals surface area (Å²) in [5.74, 6) is 0. The zero-order chi connectivity index (χ0) is 9.61. The number of rotatable bonds is 6. The van der Waals surface area contributed by atoms with Crippen molar-refractivity contribution in [1.82, 2.24) is 0 Å². The molecule has 0 aromatic heterocycles. The normalized spacial score (nSPS) is 13.5. The first kappa shape index (κ1) is 16.3. The first-order valence-electron chi connectivity index (χ1n) is 3.89. The fourth-order valence-corrected chi connectivity index (χ4v) is 1.27. The van der Waals surface area contributed by atoms with Gasteiger partial charge in [-0.1, -0.05) is 12.8 Å². The zero-order valence-electron chi connectivity index (χ0n) is 7.90. The van der Waals surface area contributed by atoms with E-state index in [2.05, 4.69) is 0 Å². The maximum absolute atomic E-state index is 10.3. The molecule has 0 radical (unpaired) electrons. The molecule has 0 fully saturated rings. The predicted octanol–water partition coefficient (Wildman–Crippen LogP) is -3.66. The van der Waals surface area contributed by atoms with Crippen molar-refractivity contribution in [3.05, 3.63) is 0 Å². The largest absolute Gasteiger partial charge is 1.00 e. The molecule has 0 bridgehead atoms. The van der Waals surface area contributed by atoms with Crippen LogP contribution in [0.15, 0.2) is 0 Å². The van der Waals surface area contributed by atoms with Crippen LogP contribution < -0.4 is 41.0 Å². The second kappa shape index (κ2) is 8.16. The SMILES string of the molecule is NCCCCCC(N)S(=O)(=O)[O-].[Na+]. The fourth-order valence-electron chi connectivity index (χ4n) is 0.811. The van der Waals surface area contributed by atoms with Gasteiger partial charge in [-0.3, -0.25) is 0 Å². The van der Waals surface area contributed by atoms with Crippen LogP contribution in [0.4, 0.5) is 0 Å². The van der Waals surface area contributed by atoms with Crippen LogP contribution in [0, 0.1) is 0 Å². The fraction of sp³-hybridized carbons (Fsp3) is 1.00. The molecule has 74 valence electrons. The van der Waals surface area contributed by atoms with Crippen molar-refractivity contribution in [1.29, 1.82) is 0 Å². The minimum Gasteiger partial charge on any atom is -0.747 e. The summed E-state index contributed by atoms with van der Waals surface area (Å²) in [7, 11) is -4.29. The summed E-state index contributed by atoms with van der Waals surface area (Å²) >= 11 is 0. The Kier molecular flexibility index (Phi) is 10.2. The average molecular weight is 218 g/mol. The van der Waals surface area contributed by atoms with Gasteiger partial charge < -0.3 is 16.0 Å². The van der Waals surface area contributed by atoms with Gasteiger partial charge in [-0.2, -0.15) is 0 Å². The first-order valence-corrected chi connectivity index (χ1v) is 5.36. The molecule has 0 aliphatic rings. The van der Waals surface area contributed by atoms with Crippen LogP contribution >= 0.6 is 0 Å². The summed E-state index contributed by atoms with van der Waals surface area (Å²) in [6, 6.07) is 0. The Morgan fingerprint density at radius 2 is 1.77 bits per heavy atom. The van der Waals surface area contributed by atoms with E-state index < -0.39 is 15.5 Å². The van der Waals surface area contributed by atoms with Crippen LogP contribution in [0.3, 0.4) is 0 Å². The van der Waals surface area contributed by atoms with E-state index in [1.165, 1.54) is 0 Å². The Balaban J connectivity index is 0. The molecule has 7 heteroatoms. The van der Waals surface area contributed by atoms with Crippen molar-refractivity contribution in [3.8, 4) is 0 Å². The van der Waals surface area contributed by atoms with E-state index in [1.54, 1.807) is 0 Å². The van der Waals surface area contributed by atoms with Gasteiger partial charge in [0.15, 0.2) is 0 Å². The zero-order valence-corrected chi connectivity index (χ0v) is 10.7. The summed E-state index contributed by atoms with van der Waals surface area (Å²) in [4.78, 5) is 0. The van der Waals surface area contributed by atoms with Gasteiger partial charge in [0.25, 0.3) is 0 Å². The third-order valence-electron chi connectivity index (χ3n) is 1.56. The Labute approximate surface area is 101 Å². The Hall–Kier alpha value is 0.830. The monoisotopic (exact) mass is 218 g/mol. The Bertz CT molecular complexity index is 208. The van der Waals surface area contributed by atoms with Crippen molar-refractivity contribution >= 4 is 10.1 Å². The van der Waals surface area contributed by atoms with Crippen LogP contribution in [-0.4, -0.2) is 24.9 Å². The van der Waals surface area contributed by atoms with Crippen molar-refractivity contribution < 1.29 is 42.5 Å². The van der Waals surface area contributed by atoms with E-state index in [9.17, 15) is 13.0 Å². The maximum Gasteiger partial charge on any atom is 1.00 e. The van der Waals surface area contributed by atoms with Gasteiger partial charge in [-0.15, -0.1) is 0 Å². The molecule has 13 heavy (non-hydrogen) atoms. The minimum atomic E-state index is -4.29. The molecule has 0 spiro atoms. The van der Waals surface area contributed by atoms with E-state index in [-0.39, 0.29) is 36.0 Å². The van der Waals surface area contributed by atoms with Crippen LogP contribution in [0.25, 0.3) is 0 Å². The van der Waals surface area contributed by atoms with Crippen molar-refractivity contribution in [2.45, 2.75) is 31.1 Å². The average Bonchev–Trinajstić information content (AvgIpc) is 1.96. The summed E-state index contributed by atoms with van der Waals surface area (Å²) in [5.41, 5.74) is 10.3. The summed E-state index contributed by atoms with van der Waals surface area (Å²) < 4.78 is 30.9. The van der Waals surface area contributed by atoms with Crippen LogP contribution in [-0.2, 0) is 10.1 Å². The molecule has 1 unspecified atom stereocenters. The van der Waals surface area contributed by atoms with Gasteiger partial charge in [-0.05, 0) is 19.4 Å². The topological polar surface area (TPSA) is 109 Å². The summed E-state index contributed by atoms with van der Waals surface area (Å²) in [6.07, 6.45) is 2.52. The first-order chi connectivity index (χ1) is 5.48. The van der Waals surface area contributed by atoms with Gasteiger partial charge in [-0.25, -0.2) is 8.42 Å². The smallest absolute Gasteiger partial charge is 0.747 e. The van der Waals surface area contributed by atoms with Crippen LogP contribution in [0.2, 0.25) is 0 Å². The van der Waals surface area contributed by atoms with Gasteiger partial charge in [0.2, 0.25) is 0 Å². The number of unbranched alkanes of at least 4 members (excludes halogenated alkanes) is 2. The van der Waals surface area contributed by atoms with Gasteiger partial charge in [0.05, 0.1) is 5.37 Å². The molecule has 0 aliphatic carbocycles. The van der Waals surface area contributed by atoms with Gasteiger partial charge in [0, 0.05) is 0 Å². The van der Waals surface area contributed by atoms with Gasteiger partial charge in [0.1, 0.15) is 10.1 Å². The molecule has 0 aromatic rings. The van der Waals surface area contributed by atoms with E-state index >= 15 is 0 Å². The van der Waals surface area contributed by atoms with Crippen molar-refractivity contribution in [3.63, 3.8) is 0 Å². The number of nitrogens with two attached hydrogens (primary N) is 2. The molecule has 0 aromatic carbocycles. The third-order valence-corrected chi connectivity index (χ3v) is 2.54. The molecule has 4 N–H and O–H groups in total. The predicted molar refractivity (Wildman–Crippen MR) is 45.2 cm³/mol. The number of hydrogen-bond donors (Lipinski definition) is 2. The van der Waals surface area contributed by atoms with Crippen molar-refractivity contribution in [2.24, 2.45) is 11.5 Å². The minimum absolute atomic E-state index is 0.